The highest BCUT2D eigenvalue weighted by atomic mass is 16.6. The number of carbonyl (C=O) groups excluding carboxylic acids is 2. The van der Waals surface area contributed by atoms with Crippen molar-refractivity contribution in [3.63, 3.8) is 0 Å². The van der Waals surface area contributed by atoms with Gasteiger partial charge in [0.1, 0.15) is 5.60 Å². The minimum atomic E-state index is -0.550. The molecule has 1 N–H and O–H groups in total. The lowest BCUT2D eigenvalue weighted by Gasteiger charge is -2.20. The van der Waals surface area contributed by atoms with Gasteiger partial charge in [-0.25, -0.2) is 4.79 Å². The zero-order valence-electron chi connectivity index (χ0n) is 9.61. The molecule has 0 heterocycles. The van der Waals surface area contributed by atoms with Gasteiger partial charge in [-0.1, -0.05) is 12.1 Å². The molecule has 4 nitrogen and oxygen atoms in total. The van der Waals surface area contributed by atoms with Crippen LogP contribution in [0.15, 0.2) is 24.3 Å². The molecule has 0 saturated heterocycles. The first kappa shape index (κ1) is 12.2. The Kier molecular flexibility index (Phi) is 3.66. The number of amides is 1. The molecule has 0 bridgehead atoms. The van der Waals surface area contributed by atoms with Crippen molar-refractivity contribution >= 4 is 18.1 Å². The standard InChI is InChI=1S/C12H15NO3/c1-12(2,3)16-11(15)9-6-4-5-7-10(9)13-8-14/h4-8H,1-3H3,(H,13,14). The molecule has 0 aliphatic heterocycles. The molecule has 0 radical (unpaired) electrons. The van der Waals surface area contributed by atoms with Crippen LogP contribution in [0.3, 0.4) is 0 Å². The Morgan fingerprint density at radius 3 is 2.50 bits per heavy atom. The zero-order valence-corrected chi connectivity index (χ0v) is 9.61. The summed E-state index contributed by atoms with van der Waals surface area (Å²) in [6.07, 6.45) is 0.531. The van der Waals surface area contributed by atoms with Gasteiger partial charge in [-0.3, -0.25) is 4.79 Å². The van der Waals surface area contributed by atoms with E-state index < -0.39 is 11.6 Å². The molecule has 0 saturated carbocycles. The van der Waals surface area contributed by atoms with E-state index in [0.717, 1.165) is 0 Å². The molecule has 1 aromatic carbocycles. The summed E-state index contributed by atoms with van der Waals surface area (Å²) in [5.74, 6) is -0.447. The smallest absolute Gasteiger partial charge is 0.340 e. The Bertz CT molecular complexity index is 393. The number of nitrogens with one attached hydrogen (secondary N) is 1. The number of ether oxygens (including phenoxy) is 1. The molecule has 16 heavy (non-hydrogen) atoms. The van der Waals surface area contributed by atoms with Crippen LogP contribution in [0.1, 0.15) is 31.1 Å². The molecule has 0 aliphatic rings. The molecule has 0 atom stereocenters. The van der Waals surface area contributed by atoms with Crippen LogP contribution in [0.5, 0.6) is 0 Å². The van der Waals surface area contributed by atoms with Crippen molar-refractivity contribution in [1.82, 2.24) is 0 Å². The summed E-state index contributed by atoms with van der Waals surface area (Å²) < 4.78 is 5.22. The van der Waals surface area contributed by atoms with Crippen LogP contribution in [0.2, 0.25) is 0 Å². The number of carbonyl (C=O) groups is 2. The average molecular weight is 221 g/mol. The normalized spacial score (nSPS) is 10.7. The summed E-state index contributed by atoms with van der Waals surface area (Å²) in [5.41, 5.74) is 0.252. The van der Waals surface area contributed by atoms with Crippen molar-refractivity contribution in [3.8, 4) is 0 Å². The molecule has 86 valence electrons. The van der Waals surface area contributed by atoms with Crippen LogP contribution in [0.4, 0.5) is 5.69 Å². The second-order valence-electron chi connectivity index (χ2n) is 4.31. The maximum absolute atomic E-state index is 11.8. The summed E-state index contributed by atoms with van der Waals surface area (Å²) in [6.45, 7) is 5.38. The number of anilines is 1. The maximum atomic E-state index is 11.8. The van der Waals surface area contributed by atoms with Crippen LogP contribution < -0.4 is 5.32 Å². The van der Waals surface area contributed by atoms with Gasteiger partial charge >= 0.3 is 5.97 Å². The van der Waals surface area contributed by atoms with Gasteiger partial charge < -0.3 is 10.1 Å². The Labute approximate surface area is 94.6 Å². The highest BCUT2D eigenvalue weighted by Gasteiger charge is 2.19. The SMILES string of the molecule is CC(C)(C)OC(=O)c1ccccc1NC=O. The topological polar surface area (TPSA) is 55.4 Å². The maximum Gasteiger partial charge on any atom is 0.340 e. The lowest BCUT2D eigenvalue weighted by Crippen LogP contribution is -2.24. The second-order valence-corrected chi connectivity index (χ2v) is 4.31. The number of benzene rings is 1. The van der Waals surface area contributed by atoms with Gasteiger partial charge in [-0.15, -0.1) is 0 Å². The van der Waals surface area contributed by atoms with E-state index in [1.54, 1.807) is 45.0 Å². The van der Waals surface area contributed by atoms with Gasteiger partial charge in [0, 0.05) is 0 Å². The van der Waals surface area contributed by atoms with Gasteiger partial charge in [0.25, 0.3) is 0 Å². The Morgan fingerprint density at radius 2 is 1.94 bits per heavy atom. The third kappa shape index (κ3) is 3.38. The van der Waals surface area contributed by atoms with Crippen LogP contribution >= 0.6 is 0 Å². The number of esters is 1. The van der Waals surface area contributed by atoms with Gasteiger partial charge in [0.2, 0.25) is 6.41 Å². The molecule has 0 fully saturated rings. The van der Waals surface area contributed by atoms with Crippen molar-refractivity contribution in [3.05, 3.63) is 29.8 Å². The number of hydrogen-bond donors (Lipinski definition) is 1. The molecular weight excluding hydrogens is 206 g/mol. The minimum absolute atomic E-state index is 0.351. The van der Waals surface area contributed by atoms with E-state index in [9.17, 15) is 9.59 Å². The molecular formula is C12H15NO3. The van der Waals surface area contributed by atoms with Gasteiger partial charge in [0.05, 0.1) is 11.3 Å². The molecule has 1 amide bonds. The molecule has 0 spiro atoms. The Morgan fingerprint density at radius 1 is 1.31 bits per heavy atom. The molecule has 0 aromatic heterocycles. The fourth-order valence-electron chi connectivity index (χ4n) is 1.18. The summed E-state index contributed by atoms with van der Waals surface area (Å²) in [7, 11) is 0. The van der Waals surface area contributed by atoms with Crippen LogP contribution in [0.25, 0.3) is 0 Å². The predicted octanol–water partition coefficient (Wildman–Crippen LogP) is 2.21. The van der Waals surface area contributed by atoms with Crippen LogP contribution in [-0.4, -0.2) is 18.0 Å². The highest BCUT2D eigenvalue weighted by Crippen LogP contribution is 2.18. The van der Waals surface area contributed by atoms with E-state index >= 15 is 0 Å². The summed E-state index contributed by atoms with van der Waals surface area (Å²) >= 11 is 0. The van der Waals surface area contributed by atoms with E-state index in [2.05, 4.69) is 5.32 Å². The van der Waals surface area contributed by atoms with Crippen molar-refractivity contribution in [1.29, 1.82) is 0 Å². The minimum Gasteiger partial charge on any atom is -0.456 e. The first-order chi connectivity index (χ1) is 7.44. The molecule has 1 rings (SSSR count). The molecule has 1 aromatic rings. The van der Waals surface area contributed by atoms with Gasteiger partial charge in [-0.05, 0) is 32.9 Å². The summed E-state index contributed by atoms with van der Waals surface area (Å²) in [5, 5.41) is 2.46. The first-order valence-electron chi connectivity index (χ1n) is 4.96. The first-order valence-corrected chi connectivity index (χ1v) is 4.96. The largest absolute Gasteiger partial charge is 0.456 e. The Balaban J connectivity index is 2.94. The molecule has 0 unspecified atom stereocenters. The third-order valence-corrected chi connectivity index (χ3v) is 1.76. The number of hydrogen-bond acceptors (Lipinski definition) is 3. The van der Waals surface area contributed by atoms with E-state index in [0.29, 0.717) is 17.7 Å². The highest BCUT2D eigenvalue weighted by molar-refractivity contribution is 5.97. The summed E-state index contributed by atoms with van der Waals surface area (Å²) in [4.78, 5) is 22.1. The lowest BCUT2D eigenvalue weighted by atomic mass is 10.1. The van der Waals surface area contributed by atoms with Crippen LogP contribution in [0, 0.1) is 0 Å². The molecule has 0 aliphatic carbocycles. The quantitative estimate of drug-likeness (QED) is 0.629. The van der Waals surface area contributed by atoms with E-state index in [4.69, 9.17) is 4.74 Å². The predicted molar refractivity (Wildman–Crippen MR) is 61.3 cm³/mol. The molecule has 4 heteroatoms. The second kappa shape index (κ2) is 4.79. The van der Waals surface area contributed by atoms with E-state index in [-0.39, 0.29) is 0 Å². The van der Waals surface area contributed by atoms with Gasteiger partial charge in [-0.2, -0.15) is 0 Å². The van der Waals surface area contributed by atoms with Crippen molar-refractivity contribution in [2.24, 2.45) is 0 Å². The zero-order chi connectivity index (χ0) is 12.2. The third-order valence-electron chi connectivity index (χ3n) is 1.76. The van der Waals surface area contributed by atoms with Crippen molar-refractivity contribution in [2.45, 2.75) is 26.4 Å². The number of para-hydroxylation sites is 1. The lowest BCUT2D eigenvalue weighted by molar-refractivity contribution is -0.105. The van der Waals surface area contributed by atoms with E-state index in [1.807, 2.05) is 0 Å². The van der Waals surface area contributed by atoms with Crippen molar-refractivity contribution < 1.29 is 14.3 Å². The number of rotatable bonds is 3. The van der Waals surface area contributed by atoms with Crippen molar-refractivity contribution in [2.75, 3.05) is 5.32 Å². The average Bonchev–Trinajstić information content (AvgIpc) is 2.16. The van der Waals surface area contributed by atoms with Gasteiger partial charge in [0.15, 0.2) is 0 Å². The van der Waals surface area contributed by atoms with Crippen LogP contribution in [-0.2, 0) is 9.53 Å². The Hall–Kier alpha value is -1.84. The fourth-order valence-corrected chi connectivity index (χ4v) is 1.18. The fraction of sp³-hybridized carbons (Fsp3) is 0.333. The summed E-state index contributed by atoms with van der Waals surface area (Å²) in [6, 6.07) is 6.71. The van der Waals surface area contributed by atoms with E-state index in [1.165, 1.54) is 0 Å². The monoisotopic (exact) mass is 221 g/mol.